The summed E-state index contributed by atoms with van der Waals surface area (Å²) in [6.07, 6.45) is 0. The lowest BCUT2D eigenvalue weighted by atomic mass is 10.2. The standard InChI is InChI=1S/C13H7Cl2N5S/c1-6-11(12-10(5-16)18-20-19-12)17-13(21-6)7-2-3-8(14)9(15)4-7/h2-4H,1H3,(H,18,19,20). The molecule has 1 N–H and O–H groups in total. The minimum absolute atomic E-state index is 0.226. The first-order valence-electron chi connectivity index (χ1n) is 5.84. The van der Waals surface area contributed by atoms with Gasteiger partial charge >= 0.3 is 0 Å². The minimum Gasteiger partial charge on any atom is -0.234 e. The summed E-state index contributed by atoms with van der Waals surface area (Å²) >= 11 is 13.4. The molecule has 104 valence electrons. The Morgan fingerprint density at radius 3 is 2.71 bits per heavy atom. The first kappa shape index (κ1) is 14.0. The molecule has 1 aromatic carbocycles. The number of rotatable bonds is 2. The van der Waals surface area contributed by atoms with Gasteiger partial charge in [0.25, 0.3) is 0 Å². The fraction of sp³-hybridized carbons (Fsp3) is 0.0769. The lowest BCUT2D eigenvalue weighted by molar-refractivity contribution is 0.936. The van der Waals surface area contributed by atoms with Gasteiger partial charge in [0, 0.05) is 10.4 Å². The van der Waals surface area contributed by atoms with Crippen LogP contribution in [0.4, 0.5) is 0 Å². The number of nitrogens with zero attached hydrogens (tertiary/aromatic N) is 4. The fourth-order valence-corrected chi connectivity index (χ4v) is 3.05. The molecule has 0 amide bonds. The van der Waals surface area contributed by atoms with Crippen LogP contribution < -0.4 is 0 Å². The van der Waals surface area contributed by atoms with Crippen LogP contribution in [-0.4, -0.2) is 20.4 Å². The largest absolute Gasteiger partial charge is 0.234 e. The maximum Gasteiger partial charge on any atom is 0.192 e. The minimum atomic E-state index is 0.226. The predicted octanol–water partition coefficient (Wildman–Crippen LogP) is 4.08. The van der Waals surface area contributed by atoms with E-state index in [1.807, 2.05) is 19.1 Å². The highest BCUT2D eigenvalue weighted by Gasteiger charge is 2.18. The van der Waals surface area contributed by atoms with Crippen LogP contribution in [0.25, 0.3) is 22.0 Å². The number of aromatic nitrogens is 4. The molecule has 0 bridgehead atoms. The molecule has 0 saturated heterocycles. The summed E-state index contributed by atoms with van der Waals surface area (Å²) in [5, 5.41) is 21.0. The SMILES string of the molecule is Cc1sc(-c2ccc(Cl)c(Cl)c2)nc1-c1n[nH]nc1C#N. The molecular weight excluding hydrogens is 329 g/mol. The van der Waals surface area contributed by atoms with Gasteiger partial charge in [0.1, 0.15) is 16.8 Å². The molecule has 0 aliphatic heterocycles. The van der Waals surface area contributed by atoms with Crippen molar-refractivity contribution in [3.05, 3.63) is 38.8 Å². The molecule has 21 heavy (non-hydrogen) atoms. The van der Waals surface area contributed by atoms with Crippen LogP contribution in [0.1, 0.15) is 10.6 Å². The number of hydrogen-bond donors (Lipinski definition) is 1. The fourth-order valence-electron chi connectivity index (χ4n) is 1.84. The third kappa shape index (κ3) is 2.51. The Bertz CT molecular complexity index is 862. The summed E-state index contributed by atoms with van der Waals surface area (Å²) in [6.45, 7) is 1.92. The van der Waals surface area contributed by atoms with E-state index in [2.05, 4.69) is 20.4 Å². The summed E-state index contributed by atoms with van der Waals surface area (Å²) in [5.74, 6) is 0. The summed E-state index contributed by atoms with van der Waals surface area (Å²) in [6, 6.07) is 7.33. The second-order valence-corrected chi connectivity index (χ2v) is 6.20. The van der Waals surface area contributed by atoms with E-state index in [-0.39, 0.29) is 5.69 Å². The number of aryl methyl sites for hydroxylation is 1. The zero-order chi connectivity index (χ0) is 15.0. The van der Waals surface area contributed by atoms with E-state index < -0.39 is 0 Å². The van der Waals surface area contributed by atoms with Gasteiger partial charge in [0.2, 0.25) is 0 Å². The van der Waals surface area contributed by atoms with E-state index in [9.17, 15) is 0 Å². The van der Waals surface area contributed by atoms with Crippen LogP contribution in [0.15, 0.2) is 18.2 Å². The Labute approximate surface area is 134 Å². The van der Waals surface area contributed by atoms with Crippen molar-refractivity contribution in [3.8, 4) is 28.0 Å². The van der Waals surface area contributed by atoms with Crippen LogP contribution in [-0.2, 0) is 0 Å². The van der Waals surface area contributed by atoms with Crippen molar-refractivity contribution in [1.82, 2.24) is 20.4 Å². The third-order valence-corrected chi connectivity index (χ3v) is 4.60. The smallest absolute Gasteiger partial charge is 0.192 e. The summed E-state index contributed by atoms with van der Waals surface area (Å²) < 4.78 is 0. The number of hydrogen-bond acceptors (Lipinski definition) is 5. The van der Waals surface area contributed by atoms with Gasteiger partial charge in [-0.05, 0) is 19.1 Å². The molecule has 0 fully saturated rings. The molecule has 0 aliphatic rings. The lowest BCUT2D eigenvalue weighted by Gasteiger charge is -1.98. The van der Waals surface area contributed by atoms with Gasteiger partial charge in [-0.25, -0.2) is 4.98 Å². The Kier molecular flexibility index (Phi) is 3.64. The molecule has 0 radical (unpaired) electrons. The lowest BCUT2D eigenvalue weighted by Crippen LogP contribution is -1.85. The molecule has 2 heterocycles. The van der Waals surface area contributed by atoms with E-state index in [0.717, 1.165) is 15.4 Å². The number of aromatic amines is 1. The molecule has 0 atom stereocenters. The van der Waals surface area contributed by atoms with E-state index in [1.54, 1.807) is 12.1 Å². The Morgan fingerprint density at radius 2 is 2.00 bits per heavy atom. The van der Waals surface area contributed by atoms with Gasteiger partial charge in [-0.1, -0.05) is 29.3 Å². The maximum atomic E-state index is 9.02. The summed E-state index contributed by atoms with van der Waals surface area (Å²) in [7, 11) is 0. The number of H-pyrrole nitrogens is 1. The second-order valence-electron chi connectivity index (χ2n) is 4.19. The van der Waals surface area contributed by atoms with Crippen molar-refractivity contribution in [1.29, 1.82) is 5.26 Å². The number of halogens is 2. The zero-order valence-electron chi connectivity index (χ0n) is 10.7. The quantitative estimate of drug-likeness (QED) is 0.765. The summed E-state index contributed by atoms with van der Waals surface area (Å²) in [5.41, 5.74) is 2.19. The Balaban J connectivity index is 2.10. The average molecular weight is 336 g/mol. The van der Waals surface area contributed by atoms with Crippen molar-refractivity contribution >= 4 is 34.5 Å². The average Bonchev–Trinajstić information content (AvgIpc) is 3.07. The normalized spacial score (nSPS) is 10.6. The molecule has 3 rings (SSSR count). The van der Waals surface area contributed by atoms with E-state index in [4.69, 9.17) is 28.5 Å². The van der Waals surface area contributed by atoms with E-state index >= 15 is 0 Å². The molecule has 3 aromatic rings. The molecule has 0 saturated carbocycles. The van der Waals surface area contributed by atoms with E-state index in [0.29, 0.717) is 21.4 Å². The van der Waals surface area contributed by atoms with Crippen LogP contribution in [0, 0.1) is 18.3 Å². The molecule has 8 heteroatoms. The predicted molar refractivity (Wildman–Crippen MR) is 82.4 cm³/mol. The van der Waals surface area contributed by atoms with Gasteiger partial charge < -0.3 is 0 Å². The van der Waals surface area contributed by atoms with Crippen LogP contribution in [0.2, 0.25) is 10.0 Å². The summed E-state index contributed by atoms with van der Waals surface area (Å²) in [4.78, 5) is 5.49. The Hall–Kier alpha value is -1.94. The highest BCUT2D eigenvalue weighted by atomic mass is 35.5. The second kappa shape index (κ2) is 5.45. The van der Waals surface area contributed by atoms with Gasteiger partial charge in [-0.3, -0.25) is 0 Å². The molecule has 2 aromatic heterocycles. The molecule has 5 nitrogen and oxygen atoms in total. The topological polar surface area (TPSA) is 78.2 Å². The number of benzene rings is 1. The number of nitriles is 1. The van der Waals surface area contributed by atoms with Crippen LogP contribution in [0.5, 0.6) is 0 Å². The van der Waals surface area contributed by atoms with Crippen molar-refractivity contribution in [2.45, 2.75) is 6.92 Å². The van der Waals surface area contributed by atoms with E-state index in [1.165, 1.54) is 11.3 Å². The third-order valence-electron chi connectivity index (χ3n) is 2.84. The van der Waals surface area contributed by atoms with Crippen molar-refractivity contribution < 1.29 is 0 Å². The van der Waals surface area contributed by atoms with Crippen LogP contribution in [0.3, 0.4) is 0 Å². The molecule has 0 unspecified atom stereocenters. The van der Waals surface area contributed by atoms with Crippen molar-refractivity contribution in [2.24, 2.45) is 0 Å². The van der Waals surface area contributed by atoms with Gasteiger partial charge in [-0.2, -0.15) is 15.6 Å². The number of nitrogens with one attached hydrogen (secondary N) is 1. The molecule has 0 aliphatic carbocycles. The molecular formula is C13H7Cl2N5S. The first-order chi connectivity index (χ1) is 10.1. The zero-order valence-corrected chi connectivity index (χ0v) is 13.0. The monoisotopic (exact) mass is 335 g/mol. The first-order valence-corrected chi connectivity index (χ1v) is 7.41. The van der Waals surface area contributed by atoms with Gasteiger partial charge in [0.05, 0.1) is 10.0 Å². The molecule has 0 spiro atoms. The highest BCUT2D eigenvalue weighted by molar-refractivity contribution is 7.15. The Morgan fingerprint density at radius 1 is 1.19 bits per heavy atom. The number of thiazole rings is 1. The highest BCUT2D eigenvalue weighted by Crippen LogP contribution is 2.35. The van der Waals surface area contributed by atoms with Crippen molar-refractivity contribution in [2.75, 3.05) is 0 Å². The van der Waals surface area contributed by atoms with Gasteiger partial charge in [0.15, 0.2) is 11.4 Å². The van der Waals surface area contributed by atoms with Crippen molar-refractivity contribution in [3.63, 3.8) is 0 Å². The van der Waals surface area contributed by atoms with Crippen LogP contribution >= 0.6 is 34.5 Å². The maximum absolute atomic E-state index is 9.02. The van der Waals surface area contributed by atoms with Gasteiger partial charge in [-0.15, -0.1) is 16.4 Å².